The van der Waals surface area contributed by atoms with Crippen LogP contribution in [0.4, 0.5) is 11.6 Å². The van der Waals surface area contributed by atoms with Gasteiger partial charge in [0.25, 0.3) is 5.91 Å². The molecule has 0 aromatic carbocycles. The van der Waals surface area contributed by atoms with E-state index in [9.17, 15) is 14.7 Å². The van der Waals surface area contributed by atoms with E-state index in [0.29, 0.717) is 36.6 Å². The summed E-state index contributed by atoms with van der Waals surface area (Å²) >= 11 is 0. The first-order valence-electron chi connectivity index (χ1n) is 13.0. The van der Waals surface area contributed by atoms with Crippen LogP contribution in [0, 0.1) is 19.3 Å². The molecule has 0 bridgehead atoms. The third-order valence-electron chi connectivity index (χ3n) is 6.80. The molecular weight excluding hydrogens is 468 g/mol. The Morgan fingerprint density at radius 3 is 2.38 bits per heavy atom. The zero-order valence-electron chi connectivity index (χ0n) is 23.8. The van der Waals surface area contributed by atoms with Crippen molar-refractivity contribution in [3.05, 3.63) is 40.5 Å². The van der Waals surface area contributed by atoms with E-state index in [4.69, 9.17) is 4.98 Å². The number of carbonyl (C=O) groups excluding carboxylic acids is 1. The summed E-state index contributed by atoms with van der Waals surface area (Å²) in [5.41, 5.74) is 2.28. The van der Waals surface area contributed by atoms with Crippen LogP contribution >= 0.6 is 0 Å². The number of nitrogens with zero attached hydrogens (tertiary/aromatic N) is 5. The summed E-state index contributed by atoms with van der Waals surface area (Å²) in [6, 6.07) is 1.82. The molecule has 37 heavy (non-hydrogen) atoms. The maximum absolute atomic E-state index is 13.6. The first-order valence-corrected chi connectivity index (χ1v) is 13.0. The number of amides is 1. The summed E-state index contributed by atoms with van der Waals surface area (Å²) in [5, 5.41) is 12.9. The van der Waals surface area contributed by atoms with Crippen molar-refractivity contribution in [3.8, 4) is 0 Å². The zero-order chi connectivity index (χ0) is 27.7. The minimum atomic E-state index is -0.970. The Kier molecular flexibility index (Phi) is 8.15. The third kappa shape index (κ3) is 6.56. The molecule has 1 amide bonds. The molecule has 9 nitrogen and oxygen atoms in total. The first-order chi connectivity index (χ1) is 17.1. The van der Waals surface area contributed by atoms with Crippen molar-refractivity contribution in [3.63, 3.8) is 0 Å². The average molecular weight is 511 g/mol. The van der Waals surface area contributed by atoms with Crippen LogP contribution in [0.15, 0.2) is 12.3 Å². The fourth-order valence-corrected chi connectivity index (χ4v) is 4.76. The van der Waals surface area contributed by atoms with Crippen molar-refractivity contribution in [2.24, 2.45) is 5.41 Å². The van der Waals surface area contributed by atoms with Gasteiger partial charge in [-0.2, -0.15) is 0 Å². The molecule has 0 radical (unpaired) electrons. The second-order valence-corrected chi connectivity index (χ2v) is 12.1. The van der Waals surface area contributed by atoms with E-state index in [-0.39, 0.29) is 22.8 Å². The predicted octanol–water partition coefficient (Wildman–Crippen LogP) is 4.90. The lowest BCUT2D eigenvalue weighted by molar-refractivity contribution is 0.0506. The highest BCUT2D eigenvalue weighted by molar-refractivity contribution is 5.93. The van der Waals surface area contributed by atoms with Crippen LogP contribution in [0.3, 0.4) is 0 Å². The molecule has 1 aliphatic heterocycles. The van der Waals surface area contributed by atoms with Crippen LogP contribution in [0.5, 0.6) is 0 Å². The molecule has 3 rings (SSSR count). The largest absolute Gasteiger partial charge is 0.478 e. The number of carboxylic acid groups (broad SMARTS) is 1. The fraction of sp³-hybridized carbons (Fsp3) is 0.607. The van der Waals surface area contributed by atoms with E-state index in [0.717, 1.165) is 30.3 Å². The van der Waals surface area contributed by atoms with E-state index in [1.807, 2.05) is 24.8 Å². The fourth-order valence-electron chi connectivity index (χ4n) is 4.76. The minimum absolute atomic E-state index is 0.119. The minimum Gasteiger partial charge on any atom is -0.478 e. The number of aromatic carboxylic acids is 1. The van der Waals surface area contributed by atoms with Gasteiger partial charge >= 0.3 is 5.97 Å². The van der Waals surface area contributed by atoms with E-state index in [1.165, 1.54) is 0 Å². The number of piperazine rings is 1. The van der Waals surface area contributed by atoms with Gasteiger partial charge in [-0.25, -0.2) is 19.7 Å². The molecule has 0 atom stereocenters. The quantitative estimate of drug-likeness (QED) is 0.541. The number of carbonyl (C=O) groups is 2. The number of hydrogen-bond donors (Lipinski definition) is 2. The number of nitrogens with one attached hydrogen (secondary N) is 1. The van der Waals surface area contributed by atoms with Gasteiger partial charge in [-0.3, -0.25) is 4.79 Å². The van der Waals surface area contributed by atoms with Crippen molar-refractivity contribution in [2.75, 3.05) is 36.4 Å². The van der Waals surface area contributed by atoms with Gasteiger partial charge in [0, 0.05) is 26.2 Å². The van der Waals surface area contributed by atoms with Crippen LogP contribution < -0.4 is 10.2 Å². The van der Waals surface area contributed by atoms with Crippen LogP contribution in [-0.4, -0.2) is 68.6 Å². The second-order valence-electron chi connectivity index (χ2n) is 12.1. The summed E-state index contributed by atoms with van der Waals surface area (Å²) in [6.07, 6.45) is 2.58. The van der Waals surface area contributed by atoms with Gasteiger partial charge in [-0.15, -0.1) is 0 Å². The Morgan fingerprint density at radius 2 is 1.84 bits per heavy atom. The summed E-state index contributed by atoms with van der Waals surface area (Å²) in [6.45, 7) is 20.7. The molecule has 2 aromatic heterocycles. The smallest absolute Gasteiger partial charge is 0.337 e. The summed E-state index contributed by atoms with van der Waals surface area (Å²) in [7, 11) is 0. The van der Waals surface area contributed by atoms with Crippen LogP contribution in [0.1, 0.15) is 98.6 Å². The standard InChI is InChI=1S/C28H42N6O3/c1-17(2)23-24(29-11-10-27(5,6)7)30-15-20(32-23)25(35)34-13-12-33(16-28(34,8)9)21-14-18(3)22(26(36)37)19(4)31-21/h14-15,17H,10-13,16H2,1-9H3,(H,29,30)(H,36,37). The highest BCUT2D eigenvalue weighted by Gasteiger charge is 2.38. The van der Waals surface area contributed by atoms with E-state index in [1.54, 1.807) is 20.0 Å². The average Bonchev–Trinajstić information content (AvgIpc) is 2.76. The van der Waals surface area contributed by atoms with Crippen LogP contribution in [0.25, 0.3) is 0 Å². The topological polar surface area (TPSA) is 112 Å². The molecule has 9 heteroatoms. The highest BCUT2D eigenvalue weighted by Crippen LogP contribution is 2.29. The van der Waals surface area contributed by atoms with Crippen molar-refractivity contribution in [1.82, 2.24) is 19.9 Å². The van der Waals surface area contributed by atoms with E-state index in [2.05, 4.69) is 54.8 Å². The van der Waals surface area contributed by atoms with Gasteiger partial charge in [0.1, 0.15) is 17.3 Å². The number of anilines is 2. The Bertz CT molecular complexity index is 1150. The monoisotopic (exact) mass is 510 g/mol. The van der Waals surface area contributed by atoms with Crippen molar-refractivity contribution >= 4 is 23.5 Å². The number of rotatable bonds is 7. The number of aromatic nitrogens is 3. The van der Waals surface area contributed by atoms with Gasteiger partial charge in [0.15, 0.2) is 0 Å². The second kappa shape index (κ2) is 10.6. The molecule has 2 aromatic rings. The van der Waals surface area contributed by atoms with Gasteiger partial charge in [-0.1, -0.05) is 34.6 Å². The molecule has 0 unspecified atom stereocenters. The molecular formula is C28H42N6O3. The molecule has 1 aliphatic rings. The van der Waals surface area contributed by atoms with Crippen LogP contribution in [0.2, 0.25) is 0 Å². The number of pyridine rings is 1. The molecule has 1 fully saturated rings. The molecule has 3 heterocycles. The summed E-state index contributed by atoms with van der Waals surface area (Å²) in [5.74, 6) is 0.478. The normalized spacial score (nSPS) is 15.7. The maximum atomic E-state index is 13.6. The van der Waals surface area contributed by atoms with Gasteiger partial charge in [0.2, 0.25) is 0 Å². The summed E-state index contributed by atoms with van der Waals surface area (Å²) < 4.78 is 0. The van der Waals surface area contributed by atoms with Crippen molar-refractivity contribution < 1.29 is 14.7 Å². The molecule has 2 N–H and O–H groups in total. The molecule has 0 spiro atoms. The van der Waals surface area contributed by atoms with Gasteiger partial charge < -0.3 is 20.2 Å². The Balaban J connectivity index is 1.79. The van der Waals surface area contributed by atoms with Crippen molar-refractivity contribution in [1.29, 1.82) is 0 Å². The van der Waals surface area contributed by atoms with Crippen LogP contribution in [-0.2, 0) is 0 Å². The van der Waals surface area contributed by atoms with E-state index < -0.39 is 11.5 Å². The molecule has 1 saturated heterocycles. The zero-order valence-corrected chi connectivity index (χ0v) is 23.8. The lowest BCUT2D eigenvalue weighted by atomic mass is 9.92. The predicted molar refractivity (Wildman–Crippen MR) is 147 cm³/mol. The third-order valence-corrected chi connectivity index (χ3v) is 6.80. The Morgan fingerprint density at radius 1 is 1.16 bits per heavy atom. The molecule has 0 saturated carbocycles. The maximum Gasteiger partial charge on any atom is 0.337 e. The Hall–Kier alpha value is -3.23. The SMILES string of the molecule is Cc1cc(N2CCN(C(=O)c3cnc(NCCC(C)(C)C)c(C(C)C)n3)C(C)(C)C2)nc(C)c1C(=O)O. The highest BCUT2D eigenvalue weighted by atomic mass is 16.4. The van der Waals surface area contributed by atoms with Gasteiger partial charge in [0.05, 0.1) is 28.7 Å². The number of hydrogen-bond acceptors (Lipinski definition) is 7. The first kappa shape index (κ1) is 28.3. The molecule has 202 valence electrons. The lowest BCUT2D eigenvalue weighted by Gasteiger charge is -2.47. The van der Waals surface area contributed by atoms with E-state index >= 15 is 0 Å². The van der Waals surface area contributed by atoms with Gasteiger partial charge in [-0.05, 0) is 57.1 Å². The number of carboxylic acids is 1. The Labute approximate surface area is 220 Å². The lowest BCUT2D eigenvalue weighted by Crippen LogP contribution is -2.61. The summed E-state index contributed by atoms with van der Waals surface area (Å²) in [4.78, 5) is 43.1. The molecule has 0 aliphatic carbocycles. The van der Waals surface area contributed by atoms with Crippen molar-refractivity contribution in [2.45, 2.75) is 80.2 Å². The number of aryl methyl sites for hydroxylation is 2.